The monoisotopic (exact) mass is 605 g/mol. The van der Waals surface area contributed by atoms with E-state index in [4.69, 9.17) is 0 Å². The number of piperidine rings is 1. The molecule has 5 N–H and O–H groups in total. The summed E-state index contributed by atoms with van der Waals surface area (Å²) in [6.45, 7) is 3.52. The normalized spacial score (nSPS) is 27.9. The zero-order chi connectivity index (χ0) is 31.2. The molecule has 0 aliphatic carbocycles. The lowest BCUT2D eigenvalue weighted by Gasteiger charge is -2.39. The number of phenols is 1. The van der Waals surface area contributed by atoms with E-state index in [1.54, 1.807) is 28.9 Å². The Balaban J connectivity index is 1.31. The molecule has 3 fully saturated rings. The van der Waals surface area contributed by atoms with Crippen molar-refractivity contribution in [2.75, 3.05) is 19.6 Å². The van der Waals surface area contributed by atoms with Crippen molar-refractivity contribution in [2.24, 2.45) is 11.8 Å². The molecule has 4 amide bonds. The van der Waals surface area contributed by atoms with E-state index in [1.165, 1.54) is 0 Å². The first kappa shape index (κ1) is 31.5. The third-order valence-corrected chi connectivity index (χ3v) is 9.29. The van der Waals surface area contributed by atoms with Gasteiger partial charge in [0.15, 0.2) is 0 Å². The second kappa shape index (κ2) is 14.2. The summed E-state index contributed by atoms with van der Waals surface area (Å²) >= 11 is 0. The van der Waals surface area contributed by atoms with Crippen molar-refractivity contribution in [1.82, 2.24) is 25.8 Å². The van der Waals surface area contributed by atoms with Gasteiger partial charge < -0.3 is 36.0 Å². The number of carbonyl (C=O) groups excluding carboxylic acids is 4. The molecular weight excluding hydrogens is 562 g/mol. The average molecular weight is 606 g/mol. The van der Waals surface area contributed by atoms with Gasteiger partial charge in [-0.1, -0.05) is 48.5 Å². The third kappa shape index (κ3) is 7.75. The minimum Gasteiger partial charge on any atom is -0.508 e. The lowest BCUT2D eigenvalue weighted by Crippen LogP contribution is -2.51. The van der Waals surface area contributed by atoms with Crippen LogP contribution in [0.5, 0.6) is 5.75 Å². The van der Waals surface area contributed by atoms with E-state index in [0.717, 1.165) is 11.1 Å². The number of carbonyl (C=O) groups is 4. The number of rotatable bonds is 7. The molecular formula is C33H43N5O6. The number of aliphatic hydroxyl groups is 1. The van der Waals surface area contributed by atoms with E-state index in [1.807, 2.05) is 42.5 Å². The van der Waals surface area contributed by atoms with Gasteiger partial charge in [0.25, 0.3) is 0 Å². The maximum absolute atomic E-state index is 13.9. The van der Waals surface area contributed by atoms with E-state index < -0.39 is 18.2 Å². The van der Waals surface area contributed by atoms with Crippen molar-refractivity contribution < 1.29 is 29.4 Å². The highest BCUT2D eigenvalue weighted by Gasteiger charge is 2.43. The molecule has 0 saturated carbocycles. The molecule has 2 aromatic carbocycles. The van der Waals surface area contributed by atoms with Gasteiger partial charge in [-0.2, -0.15) is 0 Å². The Labute approximate surface area is 258 Å². The van der Waals surface area contributed by atoms with Gasteiger partial charge in [0.2, 0.25) is 23.6 Å². The van der Waals surface area contributed by atoms with Crippen LogP contribution in [0.4, 0.5) is 0 Å². The summed E-state index contributed by atoms with van der Waals surface area (Å²) in [6.07, 6.45) is 0.0702. The fourth-order valence-electron chi connectivity index (χ4n) is 6.58. The number of hydrogen-bond acceptors (Lipinski definition) is 7. The Bertz CT molecular complexity index is 1340. The fraction of sp³-hybridized carbons (Fsp3) is 0.515. The Morgan fingerprint density at radius 2 is 1.73 bits per heavy atom. The van der Waals surface area contributed by atoms with Crippen molar-refractivity contribution in [2.45, 2.75) is 76.3 Å². The highest BCUT2D eigenvalue weighted by atomic mass is 16.3. The van der Waals surface area contributed by atoms with Crippen LogP contribution in [0.15, 0.2) is 54.6 Å². The largest absolute Gasteiger partial charge is 0.508 e. The molecule has 6 atom stereocenters. The average Bonchev–Trinajstić information content (AvgIpc) is 3.45. The van der Waals surface area contributed by atoms with Crippen LogP contribution >= 0.6 is 0 Å². The van der Waals surface area contributed by atoms with Gasteiger partial charge >= 0.3 is 0 Å². The quantitative estimate of drug-likeness (QED) is 0.319. The summed E-state index contributed by atoms with van der Waals surface area (Å²) in [4.78, 5) is 56.8. The second-order valence-corrected chi connectivity index (χ2v) is 12.4. The van der Waals surface area contributed by atoms with Crippen LogP contribution in [-0.2, 0) is 32.3 Å². The number of phenolic OH excluding ortho intramolecular Hbond substituents is 1. The second-order valence-electron chi connectivity index (χ2n) is 12.4. The number of nitrogens with one attached hydrogen (secondary N) is 3. The number of aliphatic hydroxyl groups excluding tert-OH is 1. The Kier molecular flexibility index (Phi) is 10.2. The van der Waals surface area contributed by atoms with Crippen LogP contribution in [0, 0.1) is 11.8 Å². The minimum atomic E-state index is -1.08. The number of amides is 4. The van der Waals surface area contributed by atoms with Crippen molar-refractivity contribution in [3.05, 3.63) is 65.7 Å². The van der Waals surface area contributed by atoms with Gasteiger partial charge in [-0.15, -0.1) is 0 Å². The molecule has 11 heteroatoms. The standard InChI is InChI=1S/C33H43N5O6/c1-21-29(40)16-31(42)37-12-11-23(13-30(41)35-17-22-7-3-2-4-8-22)25(19-37)14-32(43)38-20-26(15-27(38)33(44)36-21)34-18-24-9-5-6-10-28(24)39/h2-10,21,23,25-27,29,34,39-40H,11-20H2,1H3,(H,35,41)(H,36,44)/t21-,23-,25-,26-,27-,29-/m0/s1. The fourth-order valence-corrected chi connectivity index (χ4v) is 6.58. The number of fused-ring (bicyclic) bond motifs is 3. The number of benzene rings is 2. The smallest absolute Gasteiger partial charge is 0.243 e. The van der Waals surface area contributed by atoms with Gasteiger partial charge in [0, 0.05) is 57.2 Å². The Hall–Kier alpha value is -3.96. The van der Waals surface area contributed by atoms with Crippen LogP contribution in [0.2, 0.25) is 0 Å². The molecule has 11 nitrogen and oxygen atoms in total. The highest BCUT2D eigenvalue weighted by Crippen LogP contribution is 2.32. The predicted molar refractivity (Wildman–Crippen MR) is 163 cm³/mol. The first-order chi connectivity index (χ1) is 21.2. The molecule has 2 bridgehead atoms. The van der Waals surface area contributed by atoms with Crippen molar-refractivity contribution in [1.29, 1.82) is 0 Å². The molecule has 0 radical (unpaired) electrons. The molecule has 3 aliphatic heterocycles. The molecule has 3 aliphatic rings. The highest BCUT2D eigenvalue weighted by molar-refractivity contribution is 5.89. The van der Waals surface area contributed by atoms with Crippen LogP contribution in [0.1, 0.15) is 50.2 Å². The molecule has 2 aromatic rings. The summed E-state index contributed by atoms with van der Waals surface area (Å²) in [5.74, 6) is -1.11. The van der Waals surface area contributed by atoms with Crippen LogP contribution in [-0.4, -0.2) is 87.5 Å². The van der Waals surface area contributed by atoms with E-state index in [2.05, 4.69) is 16.0 Å². The van der Waals surface area contributed by atoms with Crippen LogP contribution < -0.4 is 16.0 Å². The number of hydrogen-bond donors (Lipinski definition) is 5. The lowest BCUT2D eigenvalue weighted by atomic mass is 9.80. The first-order valence-electron chi connectivity index (χ1n) is 15.5. The van der Waals surface area contributed by atoms with Crippen molar-refractivity contribution in [3.63, 3.8) is 0 Å². The SMILES string of the molecule is C[C@@H]1NC(=O)[C@@H]2C[C@H](NCc3ccccc3O)CN2C(=O)C[C@H]2CN(CC[C@H]2CC(=O)NCc2ccccc2)C(=O)C[C@@H]1O. The molecule has 0 aromatic heterocycles. The van der Waals surface area contributed by atoms with Crippen molar-refractivity contribution in [3.8, 4) is 5.75 Å². The molecule has 3 saturated heterocycles. The van der Waals surface area contributed by atoms with Crippen molar-refractivity contribution >= 4 is 23.6 Å². The lowest BCUT2D eigenvalue weighted by molar-refractivity contribution is -0.141. The predicted octanol–water partition coefficient (Wildman–Crippen LogP) is 1.28. The molecule has 44 heavy (non-hydrogen) atoms. The number of para-hydroxylation sites is 1. The van der Waals surface area contributed by atoms with Gasteiger partial charge in [-0.05, 0) is 43.2 Å². The maximum atomic E-state index is 13.9. The summed E-state index contributed by atoms with van der Waals surface area (Å²) in [5, 5.41) is 30.2. The molecule has 0 unspecified atom stereocenters. The molecule has 5 rings (SSSR count). The summed E-state index contributed by atoms with van der Waals surface area (Å²) < 4.78 is 0. The van der Waals surface area contributed by atoms with Crippen LogP contribution in [0.3, 0.4) is 0 Å². The van der Waals surface area contributed by atoms with Gasteiger partial charge in [-0.25, -0.2) is 0 Å². The van der Waals surface area contributed by atoms with Gasteiger partial charge in [-0.3, -0.25) is 19.2 Å². The maximum Gasteiger partial charge on any atom is 0.243 e. The zero-order valence-electron chi connectivity index (χ0n) is 25.2. The summed E-state index contributed by atoms with van der Waals surface area (Å²) in [5.41, 5.74) is 1.72. The topological polar surface area (TPSA) is 151 Å². The molecule has 236 valence electrons. The van der Waals surface area contributed by atoms with Gasteiger partial charge in [0.05, 0.1) is 18.6 Å². The Morgan fingerprint density at radius 3 is 2.50 bits per heavy atom. The van der Waals surface area contributed by atoms with Crippen LogP contribution in [0.25, 0.3) is 0 Å². The van der Waals surface area contributed by atoms with E-state index in [9.17, 15) is 29.4 Å². The Morgan fingerprint density at radius 1 is 0.977 bits per heavy atom. The van der Waals surface area contributed by atoms with Gasteiger partial charge in [0.1, 0.15) is 11.8 Å². The first-order valence-corrected chi connectivity index (χ1v) is 15.5. The minimum absolute atomic E-state index is 0.106. The van der Waals surface area contributed by atoms with E-state index >= 15 is 0 Å². The molecule has 3 heterocycles. The number of nitrogens with zero attached hydrogens (tertiary/aromatic N) is 2. The summed E-state index contributed by atoms with van der Waals surface area (Å²) in [7, 11) is 0. The van der Waals surface area contributed by atoms with E-state index in [-0.39, 0.29) is 66.5 Å². The summed E-state index contributed by atoms with van der Waals surface area (Å²) in [6, 6.07) is 15.1. The molecule has 0 spiro atoms. The number of aromatic hydroxyl groups is 1. The third-order valence-electron chi connectivity index (χ3n) is 9.29. The van der Waals surface area contributed by atoms with E-state index in [0.29, 0.717) is 45.6 Å². The zero-order valence-corrected chi connectivity index (χ0v) is 25.2.